The Kier molecular flexibility index (Phi) is 8.97. The SMILES string of the molecule is CCNC(=NCc1ccsc1)NCCCc1nnc(SC)n1CC(C)C. The predicted octanol–water partition coefficient (Wildman–Crippen LogP) is 3.41. The Balaban J connectivity index is 1.84. The molecular weight excluding hydrogens is 364 g/mol. The second-order valence-corrected chi connectivity index (χ2v) is 8.02. The highest BCUT2D eigenvalue weighted by Crippen LogP contribution is 2.16. The highest BCUT2D eigenvalue weighted by Gasteiger charge is 2.12. The van der Waals surface area contributed by atoms with Crippen molar-refractivity contribution in [3.63, 3.8) is 0 Å². The molecule has 144 valence electrons. The summed E-state index contributed by atoms with van der Waals surface area (Å²) in [5, 5.41) is 20.6. The molecule has 2 aromatic heterocycles. The van der Waals surface area contributed by atoms with Crippen LogP contribution in [0, 0.1) is 5.92 Å². The topological polar surface area (TPSA) is 67.1 Å². The number of aliphatic imine (C=N–C) groups is 1. The number of aromatic nitrogens is 3. The van der Waals surface area contributed by atoms with E-state index in [9.17, 15) is 0 Å². The van der Waals surface area contributed by atoms with Gasteiger partial charge in [0.2, 0.25) is 0 Å². The Morgan fingerprint density at radius 2 is 2.19 bits per heavy atom. The van der Waals surface area contributed by atoms with Gasteiger partial charge < -0.3 is 15.2 Å². The summed E-state index contributed by atoms with van der Waals surface area (Å²) in [6.45, 7) is 9.92. The van der Waals surface area contributed by atoms with Crippen molar-refractivity contribution in [1.82, 2.24) is 25.4 Å². The van der Waals surface area contributed by atoms with Crippen molar-refractivity contribution < 1.29 is 0 Å². The zero-order valence-electron chi connectivity index (χ0n) is 16.2. The highest BCUT2D eigenvalue weighted by atomic mass is 32.2. The fourth-order valence-corrected chi connectivity index (χ4v) is 3.73. The smallest absolute Gasteiger partial charge is 0.191 e. The molecule has 0 bridgehead atoms. The van der Waals surface area contributed by atoms with Crippen molar-refractivity contribution >= 4 is 29.1 Å². The molecule has 0 amide bonds. The molecule has 0 saturated carbocycles. The molecule has 2 rings (SSSR count). The molecule has 26 heavy (non-hydrogen) atoms. The Morgan fingerprint density at radius 3 is 2.85 bits per heavy atom. The van der Waals surface area contributed by atoms with Gasteiger partial charge in [0.1, 0.15) is 5.82 Å². The van der Waals surface area contributed by atoms with Crippen molar-refractivity contribution in [2.24, 2.45) is 10.9 Å². The van der Waals surface area contributed by atoms with Gasteiger partial charge in [0.15, 0.2) is 11.1 Å². The van der Waals surface area contributed by atoms with Crippen LogP contribution in [0.1, 0.15) is 38.6 Å². The predicted molar refractivity (Wildman–Crippen MR) is 112 cm³/mol. The average Bonchev–Trinajstić information content (AvgIpc) is 3.26. The van der Waals surface area contributed by atoms with E-state index in [0.29, 0.717) is 12.5 Å². The summed E-state index contributed by atoms with van der Waals surface area (Å²) < 4.78 is 2.26. The molecule has 2 aromatic rings. The second-order valence-electron chi connectivity index (χ2n) is 6.46. The van der Waals surface area contributed by atoms with Crippen LogP contribution in [0.5, 0.6) is 0 Å². The van der Waals surface area contributed by atoms with E-state index in [1.807, 2.05) is 0 Å². The summed E-state index contributed by atoms with van der Waals surface area (Å²) in [4.78, 5) is 4.64. The molecule has 0 aromatic carbocycles. The number of rotatable bonds is 10. The normalized spacial score (nSPS) is 12.0. The van der Waals surface area contributed by atoms with E-state index in [1.54, 1.807) is 23.1 Å². The van der Waals surface area contributed by atoms with Crippen LogP contribution in [0.15, 0.2) is 27.0 Å². The van der Waals surface area contributed by atoms with E-state index in [2.05, 4.69) is 74.2 Å². The summed E-state index contributed by atoms with van der Waals surface area (Å²) in [7, 11) is 0. The number of guanidine groups is 1. The second kappa shape index (κ2) is 11.2. The van der Waals surface area contributed by atoms with Crippen LogP contribution in [-0.4, -0.2) is 40.1 Å². The van der Waals surface area contributed by atoms with Crippen LogP contribution in [0.4, 0.5) is 0 Å². The van der Waals surface area contributed by atoms with Gasteiger partial charge in [-0.05, 0) is 47.9 Å². The van der Waals surface area contributed by atoms with Gasteiger partial charge in [0.05, 0.1) is 6.54 Å². The highest BCUT2D eigenvalue weighted by molar-refractivity contribution is 7.98. The first kappa shape index (κ1) is 20.8. The molecule has 2 heterocycles. The summed E-state index contributed by atoms with van der Waals surface area (Å²) in [5.41, 5.74) is 1.25. The zero-order chi connectivity index (χ0) is 18.8. The molecule has 0 spiro atoms. The lowest BCUT2D eigenvalue weighted by Gasteiger charge is -2.13. The maximum absolute atomic E-state index is 4.64. The number of hydrogen-bond acceptors (Lipinski definition) is 5. The molecule has 0 aliphatic rings. The van der Waals surface area contributed by atoms with Crippen molar-refractivity contribution in [3.05, 3.63) is 28.2 Å². The molecular formula is C18H30N6S2. The van der Waals surface area contributed by atoms with Gasteiger partial charge in [-0.1, -0.05) is 25.6 Å². The molecule has 0 saturated heterocycles. The van der Waals surface area contributed by atoms with Crippen LogP contribution in [-0.2, 0) is 19.5 Å². The summed E-state index contributed by atoms with van der Waals surface area (Å²) in [5.74, 6) is 2.52. The maximum atomic E-state index is 4.64. The Labute approximate surface area is 164 Å². The first-order valence-electron chi connectivity index (χ1n) is 9.13. The quantitative estimate of drug-likeness (QED) is 0.280. The third-order valence-electron chi connectivity index (χ3n) is 3.74. The molecule has 8 heteroatoms. The molecule has 0 atom stereocenters. The van der Waals surface area contributed by atoms with Gasteiger partial charge in [0, 0.05) is 26.1 Å². The minimum absolute atomic E-state index is 0.582. The number of nitrogens with one attached hydrogen (secondary N) is 2. The van der Waals surface area contributed by atoms with Gasteiger partial charge in [-0.2, -0.15) is 11.3 Å². The van der Waals surface area contributed by atoms with E-state index >= 15 is 0 Å². The zero-order valence-corrected chi connectivity index (χ0v) is 17.8. The third kappa shape index (κ3) is 6.64. The van der Waals surface area contributed by atoms with Crippen LogP contribution in [0.25, 0.3) is 0 Å². The minimum Gasteiger partial charge on any atom is -0.357 e. The minimum atomic E-state index is 0.582. The van der Waals surface area contributed by atoms with Gasteiger partial charge in [-0.25, -0.2) is 4.99 Å². The molecule has 0 fully saturated rings. The maximum Gasteiger partial charge on any atom is 0.191 e. The molecule has 2 N–H and O–H groups in total. The van der Waals surface area contributed by atoms with Gasteiger partial charge in [-0.3, -0.25) is 0 Å². The van der Waals surface area contributed by atoms with Crippen LogP contribution >= 0.6 is 23.1 Å². The van der Waals surface area contributed by atoms with E-state index in [-0.39, 0.29) is 0 Å². The van der Waals surface area contributed by atoms with E-state index in [1.165, 1.54) is 5.56 Å². The summed E-state index contributed by atoms with van der Waals surface area (Å²) in [6.07, 6.45) is 3.96. The fourth-order valence-electron chi connectivity index (χ4n) is 2.55. The van der Waals surface area contributed by atoms with Crippen molar-refractivity contribution in [1.29, 1.82) is 0 Å². The number of hydrogen-bond donors (Lipinski definition) is 2. The first-order chi connectivity index (χ1) is 12.6. The number of nitrogens with zero attached hydrogens (tertiary/aromatic N) is 4. The molecule has 0 aliphatic heterocycles. The Hall–Kier alpha value is -1.54. The lowest BCUT2D eigenvalue weighted by Crippen LogP contribution is -2.37. The Morgan fingerprint density at radius 1 is 1.35 bits per heavy atom. The molecule has 6 nitrogen and oxygen atoms in total. The van der Waals surface area contributed by atoms with Gasteiger partial charge in [-0.15, -0.1) is 10.2 Å². The van der Waals surface area contributed by atoms with E-state index in [0.717, 1.165) is 49.4 Å². The van der Waals surface area contributed by atoms with Crippen molar-refractivity contribution in [2.75, 3.05) is 19.3 Å². The fraction of sp³-hybridized carbons (Fsp3) is 0.611. The molecule has 0 radical (unpaired) electrons. The Bertz CT molecular complexity index is 663. The first-order valence-corrected chi connectivity index (χ1v) is 11.3. The lowest BCUT2D eigenvalue weighted by atomic mass is 10.2. The standard InChI is InChI=1S/C18H30N6S2/c1-5-19-17(21-11-15-8-10-26-13-15)20-9-6-7-16-22-23-18(25-4)24(16)12-14(2)3/h8,10,13-14H,5-7,9,11-12H2,1-4H3,(H2,19,20,21). The van der Waals surface area contributed by atoms with Crippen LogP contribution in [0.2, 0.25) is 0 Å². The van der Waals surface area contributed by atoms with Crippen LogP contribution < -0.4 is 10.6 Å². The van der Waals surface area contributed by atoms with Gasteiger partial charge >= 0.3 is 0 Å². The number of aryl methyl sites for hydroxylation is 1. The third-order valence-corrected chi connectivity index (χ3v) is 5.14. The summed E-state index contributed by atoms with van der Waals surface area (Å²) >= 11 is 3.37. The average molecular weight is 395 g/mol. The van der Waals surface area contributed by atoms with Crippen LogP contribution in [0.3, 0.4) is 0 Å². The molecule has 0 unspecified atom stereocenters. The number of thioether (sulfide) groups is 1. The monoisotopic (exact) mass is 394 g/mol. The van der Waals surface area contributed by atoms with E-state index in [4.69, 9.17) is 0 Å². The van der Waals surface area contributed by atoms with Gasteiger partial charge in [0.25, 0.3) is 0 Å². The largest absolute Gasteiger partial charge is 0.357 e. The lowest BCUT2D eigenvalue weighted by molar-refractivity contribution is 0.477. The summed E-state index contributed by atoms with van der Waals surface area (Å²) in [6, 6.07) is 2.11. The van der Waals surface area contributed by atoms with Crippen molar-refractivity contribution in [2.45, 2.75) is 51.9 Å². The van der Waals surface area contributed by atoms with E-state index < -0.39 is 0 Å². The number of thiophene rings is 1. The molecule has 0 aliphatic carbocycles. The van der Waals surface area contributed by atoms with Crippen molar-refractivity contribution in [3.8, 4) is 0 Å².